The van der Waals surface area contributed by atoms with E-state index in [0.29, 0.717) is 18.5 Å². The molecule has 2 heterocycles. The molecule has 0 bridgehead atoms. The number of amides is 2. The topological polar surface area (TPSA) is 96.4 Å². The Bertz CT molecular complexity index is 702. The van der Waals surface area contributed by atoms with Crippen LogP contribution in [0.25, 0.3) is 0 Å². The van der Waals surface area contributed by atoms with E-state index in [1.807, 2.05) is 6.92 Å². The number of rotatable bonds is 5. The monoisotopic (exact) mass is 339 g/mol. The Morgan fingerprint density at radius 3 is 2.78 bits per heavy atom. The van der Waals surface area contributed by atoms with Crippen molar-refractivity contribution in [3.05, 3.63) is 29.6 Å². The highest BCUT2D eigenvalue weighted by atomic mass is 32.2. The van der Waals surface area contributed by atoms with Gasteiger partial charge in [0.2, 0.25) is 0 Å². The fourth-order valence-corrected chi connectivity index (χ4v) is 4.23. The lowest BCUT2D eigenvalue weighted by atomic mass is 10.1. The van der Waals surface area contributed by atoms with Gasteiger partial charge in [-0.15, -0.1) is 0 Å². The van der Waals surface area contributed by atoms with Crippen molar-refractivity contribution in [1.82, 2.24) is 15.2 Å². The second-order valence-electron chi connectivity index (χ2n) is 5.66. The van der Waals surface area contributed by atoms with Gasteiger partial charge in [-0.2, -0.15) is 0 Å². The van der Waals surface area contributed by atoms with Gasteiger partial charge in [0, 0.05) is 31.4 Å². The maximum Gasteiger partial charge on any atom is 0.272 e. The first kappa shape index (κ1) is 17.4. The van der Waals surface area contributed by atoms with Gasteiger partial charge >= 0.3 is 0 Å². The summed E-state index contributed by atoms with van der Waals surface area (Å²) in [6.07, 6.45) is 2.66. The van der Waals surface area contributed by atoms with Crippen LogP contribution in [0.15, 0.2) is 18.3 Å². The summed E-state index contributed by atoms with van der Waals surface area (Å²) >= 11 is 0. The molecule has 1 aromatic rings. The molecule has 8 heteroatoms. The minimum atomic E-state index is -3.07. The molecule has 1 aromatic heterocycles. The zero-order valence-corrected chi connectivity index (χ0v) is 14.1. The highest BCUT2D eigenvalue weighted by Gasteiger charge is 2.33. The number of sulfone groups is 1. The molecule has 7 nitrogen and oxygen atoms in total. The predicted molar refractivity (Wildman–Crippen MR) is 86.0 cm³/mol. The summed E-state index contributed by atoms with van der Waals surface area (Å²) in [7, 11) is -1.50. The molecule has 1 aliphatic heterocycles. The van der Waals surface area contributed by atoms with Crippen molar-refractivity contribution in [3.63, 3.8) is 0 Å². The minimum Gasteiger partial charge on any atom is -0.352 e. The lowest BCUT2D eigenvalue weighted by molar-refractivity contribution is 0.0742. The second-order valence-corrected chi connectivity index (χ2v) is 7.89. The van der Waals surface area contributed by atoms with Gasteiger partial charge in [-0.25, -0.2) is 8.42 Å². The van der Waals surface area contributed by atoms with Crippen LogP contribution < -0.4 is 5.32 Å². The Kier molecular flexibility index (Phi) is 5.35. The van der Waals surface area contributed by atoms with E-state index < -0.39 is 9.84 Å². The summed E-state index contributed by atoms with van der Waals surface area (Å²) in [5.74, 6) is -0.555. The molecule has 23 heavy (non-hydrogen) atoms. The van der Waals surface area contributed by atoms with Crippen LogP contribution in [0.1, 0.15) is 40.6 Å². The normalized spacial score (nSPS) is 19.3. The van der Waals surface area contributed by atoms with Crippen molar-refractivity contribution in [2.75, 3.05) is 25.1 Å². The smallest absolute Gasteiger partial charge is 0.272 e. The van der Waals surface area contributed by atoms with Gasteiger partial charge < -0.3 is 10.2 Å². The summed E-state index contributed by atoms with van der Waals surface area (Å²) in [6.45, 7) is 2.51. The third-order valence-corrected chi connectivity index (χ3v) is 5.60. The van der Waals surface area contributed by atoms with Crippen LogP contribution >= 0.6 is 0 Å². The van der Waals surface area contributed by atoms with Crippen molar-refractivity contribution >= 4 is 21.7 Å². The van der Waals surface area contributed by atoms with E-state index in [1.54, 1.807) is 13.1 Å². The van der Waals surface area contributed by atoms with Crippen molar-refractivity contribution in [2.24, 2.45) is 0 Å². The second kappa shape index (κ2) is 7.08. The van der Waals surface area contributed by atoms with Crippen molar-refractivity contribution < 1.29 is 18.0 Å². The third kappa shape index (κ3) is 4.28. The number of carbonyl (C=O) groups excluding carboxylic acids is 2. The maximum atomic E-state index is 12.5. The van der Waals surface area contributed by atoms with Crippen molar-refractivity contribution in [2.45, 2.75) is 25.8 Å². The van der Waals surface area contributed by atoms with Crippen LogP contribution in [0, 0.1) is 0 Å². The van der Waals surface area contributed by atoms with Gasteiger partial charge in [0.15, 0.2) is 9.84 Å². The lowest BCUT2D eigenvalue weighted by Crippen LogP contribution is -2.38. The molecule has 1 fully saturated rings. The van der Waals surface area contributed by atoms with Crippen LogP contribution in [-0.4, -0.2) is 61.3 Å². The minimum absolute atomic E-state index is 0.0219. The Morgan fingerprint density at radius 2 is 2.17 bits per heavy atom. The van der Waals surface area contributed by atoms with Gasteiger partial charge in [-0.05, 0) is 25.0 Å². The molecule has 0 aliphatic carbocycles. The first-order valence-electron chi connectivity index (χ1n) is 7.56. The number of hydrogen-bond donors (Lipinski definition) is 1. The number of nitrogens with zero attached hydrogens (tertiary/aromatic N) is 2. The molecule has 1 aliphatic rings. The zero-order valence-electron chi connectivity index (χ0n) is 13.3. The van der Waals surface area contributed by atoms with Gasteiger partial charge in [0.25, 0.3) is 11.8 Å². The number of hydrogen-bond acceptors (Lipinski definition) is 5. The number of carbonyl (C=O) groups is 2. The summed E-state index contributed by atoms with van der Waals surface area (Å²) < 4.78 is 23.1. The van der Waals surface area contributed by atoms with E-state index in [1.165, 1.54) is 17.2 Å². The molecular weight excluding hydrogens is 318 g/mol. The van der Waals surface area contributed by atoms with E-state index in [4.69, 9.17) is 0 Å². The molecular formula is C15H21N3O4S. The largest absolute Gasteiger partial charge is 0.352 e. The molecule has 2 amide bonds. The molecule has 1 N–H and O–H groups in total. The van der Waals surface area contributed by atoms with Crippen LogP contribution in [0.4, 0.5) is 0 Å². The third-order valence-electron chi connectivity index (χ3n) is 3.85. The van der Waals surface area contributed by atoms with E-state index in [9.17, 15) is 18.0 Å². The first-order valence-corrected chi connectivity index (χ1v) is 9.38. The van der Waals surface area contributed by atoms with Crippen LogP contribution in [0.5, 0.6) is 0 Å². The van der Waals surface area contributed by atoms with Gasteiger partial charge in [-0.1, -0.05) is 6.92 Å². The Hall–Kier alpha value is -1.96. The first-order chi connectivity index (χ1) is 10.8. The Morgan fingerprint density at radius 1 is 1.43 bits per heavy atom. The molecule has 0 spiro atoms. The number of nitrogens with one attached hydrogen (secondary N) is 1. The van der Waals surface area contributed by atoms with E-state index in [2.05, 4.69) is 10.3 Å². The molecule has 2 rings (SSSR count). The lowest BCUT2D eigenvalue weighted by Gasteiger charge is -2.23. The average Bonchev–Trinajstić information content (AvgIpc) is 2.91. The Labute approximate surface area is 136 Å². The maximum absolute atomic E-state index is 12.5. The molecule has 126 valence electrons. The molecule has 0 saturated carbocycles. The number of aromatic nitrogens is 1. The quantitative estimate of drug-likeness (QED) is 0.842. The molecule has 0 aromatic carbocycles. The zero-order chi connectivity index (χ0) is 17.0. The van der Waals surface area contributed by atoms with E-state index in [0.717, 1.165) is 6.42 Å². The SMILES string of the molecule is CCCNC(=O)c1ccnc(C(=O)N(C)C2CCS(=O)(=O)C2)c1. The molecule has 1 saturated heterocycles. The van der Waals surface area contributed by atoms with Gasteiger partial charge in [-0.3, -0.25) is 14.6 Å². The van der Waals surface area contributed by atoms with Gasteiger partial charge in [0.1, 0.15) is 5.69 Å². The Balaban J connectivity index is 2.12. The fourth-order valence-electron chi connectivity index (χ4n) is 2.46. The van der Waals surface area contributed by atoms with E-state index in [-0.39, 0.29) is 35.1 Å². The highest BCUT2D eigenvalue weighted by molar-refractivity contribution is 7.91. The number of pyridine rings is 1. The van der Waals surface area contributed by atoms with Crippen LogP contribution in [-0.2, 0) is 9.84 Å². The van der Waals surface area contributed by atoms with Crippen molar-refractivity contribution in [1.29, 1.82) is 0 Å². The van der Waals surface area contributed by atoms with Crippen LogP contribution in [0.3, 0.4) is 0 Å². The molecule has 1 atom stereocenters. The van der Waals surface area contributed by atoms with E-state index >= 15 is 0 Å². The van der Waals surface area contributed by atoms with Crippen molar-refractivity contribution in [3.8, 4) is 0 Å². The molecule has 0 radical (unpaired) electrons. The molecule has 1 unspecified atom stereocenters. The summed E-state index contributed by atoms with van der Waals surface area (Å²) in [4.78, 5) is 29.8. The fraction of sp³-hybridized carbons (Fsp3) is 0.533. The van der Waals surface area contributed by atoms with Crippen LogP contribution in [0.2, 0.25) is 0 Å². The predicted octanol–water partition coefficient (Wildman–Crippen LogP) is 0.481. The average molecular weight is 339 g/mol. The summed E-state index contributed by atoms with van der Waals surface area (Å²) in [5, 5.41) is 2.74. The summed E-state index contributed by atoms with van der Waals surface area (Å²) in [6, 6.07) is 2.64. The standard InChI is InChI=1S/C15H21N3O4S/c1-3-6-17-14(19)11-4-7-16-13(9-11)15(20)18(2)12-5-8-23(21,22)10-12/h4,7,9,12H,3,5-6,8,10H2,1-2H3,(H,17,19). The van der Waals surface area contributed by atoms with Gasteiger partial charge in [0.05, 0.1) is 11.5 Å². The summed E-state index contributed by atoms with van der Waals surface area (Å²) in [5.41, 5.74) is 0.505. The highest BCUT2D eigenvalue weighted by Crippen LogP contribution is 2.18.